The summed E-state index contributed by atoms with van der Waals surface area (Å²) < 4.78 is 0. The zero-order valence-electron chi connectivity index (χ0n) is 10.3. The molecule has 1 aromatic rings. The van der Waals surface area contributed by atoms with Crippen molar-refractivity contribution in [3.05, 3.63) is 34.4 Å². The van der Waals surface area contributed by atoms with Crippen LogP contribution in [-0.4, -0.2) is 10.6 Å². The second kappa shape index (κ2) is 5.98. The van der Waals surface area contributed by atoms with Gasteiger partial charge in [-0.05, 0) is 25.3 Å². The zero-order valence-corrected chi connectivity index (χ0v) is 10.3. The van der Waals surface area contributed by atoms with Gasteiger partial charge in [0.15, 0.2) is 0 Å². The van der Waals surface area contributed by atoms with Crippen molar-refractivity contribution in [2.45, 2.75) is 27.2 Å². The van der Waals surface area contributed by atoms with Gasteiger partial charge in [-0.15, -0.1) is 0 Å². The van der Waals surface area contributed by atoms with Crippen LogP contribution in [0.4, 0.5) is 11.4 Å². The van der Waals surface area contributed by atoms with Crippen LogP contribution in [0, 0.1) is 16.0 Å². The minimum atomic E-state index is -0.420. The number of hydrogen-bond acceptors (Lipinski definition) is 4. The first-order valence-corrected chi connectivity index (χ1v) is 5.59. The molecular weight excluding hydrogens is 218 g/mol. The smallest absolute Gasteiger partial charge is 0.271 e. The van der Waals surface area contributed by atoms with Crippen molar-refractivity contribution in [2.75, 3.05) is 5.43 Å². The minimum Gasteiger partial charge on any atom is -0.278 e. The van der Waals surface area contributed by atoms with E-state index < -0.39 is 4.92 Å². The topological polar surface area (TPSA) is 67.5 Å². The van der Waals surface area contributed by atoms with Crippen LogP contribution in [0.2, 0.25) is 0 Å². The predicted molar refractivity (Wildman–Crippen MR) is 69.3 cm³/mol. The Labute approximate surface area is 101 Å². The highest BCUT2D eigenvalue weighted by Gasteiger charge is 2.06. The molecule has 0 spiro atoms. The standard InChI is InChI=1S/C12H17N3O2/c1-4-9(2)10(3)13-14-11-6-5-7-12(8-11)15(16)17/h5-9,14H,4H2,1-3H3/b13-10-/t9-/m0/s1. The van der Waals surface area contributed by atoms with Crippen LogP contribution in [0.5, 0.6) is 0 Å². The third kappa shape index (κ3) is 3.86. The lowest BCUT2D eigenvalue weighted by atomic mass is 10.1. The molecule has 1 atom stereocenters. The summed E-state index contributed by atoms with van der Waals surface area (Å²) in [6, 6.07) is 6.30. The van der Waals surface area contributed by atoms with Gasteiger partial charge in [0.25, 0.3) is 5.69 Å². The number of benzene rings is 1. The van der Waals surface area contributed by atoms with Gasteiger partial charge in [-0.25, -0.2) is 0 Å². The van der Waals surface area contributed by atoms with Gasteiger partial charge in [-0.1, -0.05) is 19.9 Å². The van der Waals surface area contributed by atoms with Crippen LogP contribution in [0.25, 0.3) is 0 Å². The van der Waals surface area contributed by atoms with Gasteiger partial charge in [0, 0.05) is 17.8 Å². The van der Waals surface area contributed by atoms with Gasteiger partial charge in [0.1, 0.15) is 0 Å². The van der Waals surface area contributed by atoms with E-state index in [2.05, 4.69) is 24.4 Å². The maximum absolute atomic E-state index is 10.6. The minimum absolute atomic E-state index is 0.0615. The van der Waals surface area contributed by atoms with Gasteiger partial charge in [0.2, 0.25) is 0 Å². The average molecular weight is 235 g/mol. The summed E-state index contributed by atoms with van der Waals surface area (Å²) in [4.78, 5) is 10.2. The van der Waals surface area contributed by atoms with Gasteiger partial charge in [0.05, 0.1) is 10.6 Å². The number of hydrogen-bond donors (Lipinski definition) is 1. The molecule has 1 rings (SSSR count). The van der Waals surface area contributed by atoms with Crippen molar-refractivity contribution >= 4 is 17.1 Å². The molecule has 0 aliphatic carbocycles. The molecule has 92 valence electrons. The summed E-state index contributed by atoms with van der Waals surface area (Å²) in [7, 11) is 0. The third-order valence-electron chi connectivity index (χ3n) is 2.74. The Bertz CT molecular complexity index is 430. The molecule has 0 amide bonds. The molecular formula is C12H17N3O2. The van der Waals surface area contributed by atoms with Gasteiger partial charge in [-0.2, -0.15) is 5.10 Å². The Morgan fingerprint density at radius 3 is 2.88 bits per heavy atom. The largest absolute Gasteiger partial charge is 0.278 e. The molecule has 1 aromatic carbocycles. The fourth-order valence-corrected chi connectivity index (χ4v) is 1.25. The summed E-state index contributed by atoms with van der Waals surface area (Å²) in [6.07, 6.45) is 1.02. The molecule has 0 aliphatic heterocycles. The SMILES string of the molecule is CC[C@H](C)/C(C)=N\Nc1cccc([N+](=O)[O-])c1. The highest BCUT2D eigenvalue weighted by atomic mass is 16.6. The van der Waals surface area contributed by atoms with E-state index in [0.29, 0.717) is 11.6 Å². The van der Waals surface area contributed by atoms with Crippen molar-refractivity contribution in [2.24, 2.45) is 11.0 Å². The van der Waals surface area contributed by atoms with Crippen molar-refractivity contribution in [1.29, 1.82) is 0 Å². The number of non-ortho nitro benzene ring substituents is 1. The van der Waals surface area contributed by atoms with E-state index in [0.717, 1.165) is 12.1 Å². The lowest BCUT2D eigenvalue weighted by molar-refractivity contribution is -0.384. The fourth-order valence-electron chi connectivity index (χ4n) is 1.25. The van der Waals surface area contributed by atoms with Crippen molar-refractivity contribution in [3.8, 4) is 0 Å². The zero-order chi connectivity index (χ0) is 12.8. The molecule has 5 nitrogen and oxygen atoms in total. The molecule has 0 fully saturated rings. The Kier molecular flexibility index (Phi) is 4.63. The highest BCUT2D eigenvalue weighted by molar-refractivity contribution is 5.84. The molecule has 0 unspecified atom stereocenters. The highest BCUT2D eigenvalue weighted by Crippen LogP contribution is 2.17. The number of nitro groups is 1. The van der Waals surface area contributed by atoms with E-state index in [4.69, 9.17) is 0 Å². The Hall–Kier alpha value is -1.91. The molecule has 0 saturated carbocycles. The molecule has 0 aromatic heterocycles. The van der Waals surface area contributed by atoms with E-state index in [9.17, 15) is 10.1 Å². The lowest BCUT2D eigenvalue weighted by Crippen LogP contribution is -2.07. The van der Waals surface area contributed by atoms with Crippen molar-refractivity contribution in [3.63, 3.8) is 0 Å². The number of nitrogens with one attached hydrogen (secondary N) is 1. The lowest BCUT2D eigenvalue weighted by Gasteiger charge is -2.08. The van der Waals surface area contributed by atoms with E-state index >= 15 is 0 Å². The number of nitro benzene ring substituents is 1. The van der Waals surface area contributed by atoms with Crippen LogP contribution in [-0.2, 0) is 0 Å². The van der Waals surface area contributed by atoms with Crippen LogP contribution >= 0.6 is 0 Å². The monoisotopic (exact) mass is 235 g/mol. The normalized spacial score (nSPS) is 13.2. The second-order valence-corrected chi connectivity index (χ2v) is 3.98. The van der Waals surface area contributed by atoms with Crippen LogP contribution in [0.15, 0.2) is 29.4 Å². The third-order valence-corrected chi connectivity index (χ3v) is 2.74. The quantitative estimate of drug-likeness (QED) is 0.483. The number of rotatable bonds is 5. The van der Waals surface area contributed by atoms with Crippen LogP contribution in [0.1, 0.15) is 27.2 Å². The number of anilines is 1. The summed E-state index contributed by atoms with van der Waals surface area (Å²) in [6.45, 7) is 6.13. The molecule has 17 heavy (non-hydrogen) atoms. The van der Waals surface area contributed by atoms with E-state index in [1.165, 1.54) is 12.1 Å². The summed E-state index contributed by atoms with van der Waals surface area (Å²) >= 11 is 0. The Morgan fingerprint density at radius 1 is 1.59 bits per heavy atom. The molecule has 0 aliphatic rings. The van der Waals surface area contributed by atoms with Gasteiger partial charge in [-0.3, -0.25) is 15.5 Å². The summed E-state index contributed by atoms with van der Waals surface area (Å²) in [5, 5.41) is 14.8. The molecule has 0 bridgehead atoms. The van der Waals surface area contributed by atoms with Crippen LogP contribution < -0.4 is 5.43 Å². The first-order valence-electron chi connectivity index (χ1n) is 5.59. The fraction of sp³-hybridized carbons (Fsp3) is 0.417. The first kappa shape index (κ1) is 13.2. The van der Waals surface area contributed by atoms with E-state index in [1.807, 2.05) is 6.92 Å². The van der Waals surface area contributed by atoms with E-state index in [-0.39, 0.29) is 5.69 Å². The van der Waals surface area contributed by atoms with Crippen molar-refractivity contribution in [1.82, 2.24) is 0 Å². The van der Waals surface area contributed by atoms with E-state index in [1.54, 1.807) is 12.1 Å². The number of hydrazone groups is 1. The Balaban J connectivity index is 2.75. The van der Waals surface area contributed by atoms with Crippen LogP contribution in [0.3, 0.4) is 0 Å². The second-order valence-electron chi connectivity index (χ2n) is 3.98. The molecule has 5 heteroatoms. The predicted octanol–water partition coefficient (Wildman–Crippen LogP) is 3.43. The van der Waals surface area contributed by atoms with Gasteiger partial charge >= 0.3 is 0 Å². The molecule has 0 radical (unpaired) electrons. The molecule has 0 heterocycles. The molecule has 0 saturated heterocycles. The molecule has 1 N–H and O–H groups in total. The maximum atomic E-state index is 10.6. The summed E-state index contributed by atoms with van der Waals surface area (Å²) in [5.74, 6) is 0.404. The number of nitrogens with zero attached hydrogens (tertiary/aromatic N) is 2. The van der Waals surface area contributed by atoms with Crippen molar-refractivity contribution < 1.29 is 4.92 Å². The average Bonchev–Trinajstić information content (AvgIpc) is 2.35. The summed E-state index contributed by atoms with van der Waals surface area (Å²) in [5.41, 5.74) is 4.51. The maximum Gasteiger partial charge on any atom is 0.271 e. The van der Waals surface area contributed by atoms with Gasteiger partial charge < -0.3 is 0 Å². The first-order chi connectivity index (χ1) is 8.04. The Morgan fingerprint density at radius 2 is 2.29 bits per heavy atom.